The summed E-state index contributed by atoms with van der Waals surface area (Å²) >= 11 is 10.8. The van der Waals surface area contributed by atoms with Gasteiger partial charge in [0.05, 0.1) is 5.75 Å². The number of amides is 1. The van der Waals surface area contributed by atoms with Gasteiger partial charge >= 0.3 is 0 Å². The molecule has 0 atom stereocenters. The van der Waals surface area contributed by atoms with Crippen molar-refractivity contribution in [1.29, 1.82) is 0 Å². The average Bonchev–Trinajstić information content (AvgIpc) is 3.18. The molecular weight excluding hydrogens is 496 g/mol. The van der Waals surface area contributed by atoms with Crippen molar-refractivity contribution < 1.29 is 4.79 Å². The lowest BCUT2D eigenvalue weighted by Gasteiger charge is -2.12. The van der Waals surface area contributed by atoms with Crippen LogP contribution in [0.15, 0.2) is 82.4 Å². The summed E-state index contributed by atoms with van der Waals surface area (Å²) in [7, 11) is 0. The second kappa shape index (κ2) is 9.68. The molecule has 1 aromatic heterocycles. The SMILES string of the molecule is Cc1ccc(-n2c(SCC(=O)Nc3ccc(Cl)cc3)nnc2-c2ccccc2Br)cc1. The molecule has 0 fully saturated rings. The first kappa shape index (κ1) is 21.6. The number of thioether (sulfide) groups is 1. The Bertz CT molecular complexity index is 1210. The van der Waals surface area contributed by atoms with Crippen LogP contribution in [0, 0.1) is 6.92 Å². The van der Waals surface area contributed by atoms with E-state index in [1.807, 2.05) is 60.0 Å². The van der Waals surface area contributed by atoms with E-state index in [1.54, 1.807) is 24.3 Å². The molecule has 0 bridgehead atoms. The molecule has 1 N–H and O–H groups in total. The minimum atomic E-state index is -0.131. The molecule has 156 valence electrons. The number of halogens is 2. The number of aryl methyl sites for hydroxylation is 1. The normalized spacial score (nSPS) is 10.8. The Morgan fingerprint density at radius 3 is 2.45 bits per heavy atom. The molecule has 4 rings (SSSR count). The zero-order chi connectivity index (χ0) is 21.8. The third-order valence-electron chi connectivity index (χ3n) is 4.50. The fourth-order valence-corrected chi connectivity index (χ4v) is 4.31. The molecule has 3 aromatic carbocycles. The minimum absolute atomic E-state index is 0.131. The van der Waals surface area contributed by atoms with Gasteiger partial charge in [0.1, 0.15) is 0 Å². The van der Waals surface area contributed by atoms with Crippen molar-refractivity contribution in [1.82, 2.24) is 14.8 Å². The monoisotopic (exact) mass is 512 g/mol. The topological polar surface area (TPSA) is 59.8 Å². The van der Waals surface area contributed by atoms with E-state index in [2.05, 4.69) is 31.4 Å². The molecule has 0 saturated heterocycles. The highest BCUT2D eigenvalue weighted by Gasteiger charge is 2.18. The van der Waals surface area contributed by atoms with E-state index in [0.717, 1.165) is 21.3 Å². The Balaban J connectivity index is 1.61. The Kier molecular flexibility index (Phi) is 6.75. The molecule has 1 heterocycles. The summed E-state index contributed by atoms with van der Waals surface area (Å²) in [4.78, 5) is 12.5. The van der Waals surface area contributed by atoms with Crippen molar-refractivity contribution in [2.75, 3.05) is 11.1 Å². The maximum Gasteiger partial charge on any atom is 0.234 e. The molecule has 0 aliphatic heterocycles. The van der Waals surface area contributed by atoms with Gasteiger partial charge in [0.15, 0.2) is 11.0 Å². The second-order valence-electron chi connectivity index (χ2n) is 6.80. The Labute approximate surface area is 198 Å². The molecule has 31 heavy (non-hydrogen) atoms. The van der Waals surface area contributed by atoms with E-state index in [0.29, 0.717) is 21.7 Å². The molecule has 0 saturated carbocycles. The van der Waals surface area contributed by atoms with Crippen LogP contribution in [-0.2, 0) is 4.79 Å². The van der Waals surface area contributed by atoms with Crippen LogP contribution in [0.1, 0.15) is 5.56 Å². The highest BCUT2D eigenvalue weighted by atomic mass is 79.9. The summed E-state index contributed by atoms with van der Waals surface area (Å²) in [5.74, 6) is 0.771. The van der Waals surface area contributed by atoms with Gasteiger partial charge in [0.25, 0.3) is 0 Å². The van der Waals surface area contributed by atoms with Crippen LogP contribution in [0.3, 0.4) is 0 Å². The summed E-state index contributed by atoms with van der Waals surface area (Å²) < 4.78 is 2.90. The van der Waals surface area contributed by atoms with Crippen molar-refractivity contribution in [2.24, 2.45) is 0 Å². The number of aromatic nitrogens is 3. The fourth-order valence-electron chi connectivity index (χ4n) is 2.97. The van der Waals surface area contributed by atoms with Crippen LogP contribution in [0.4, 0.5) is 5.69 Å². The highest BCUT2D eigenvalue weighted by Crippen LogP contribution is 2.32. The largest absolute Gasteiger partial charge is 0.325 e. The van der Waals surface area contributed by atoms with Crippen molar-refractivity contribution in [3.8, 4) is 17.1 Å². The van der Waals surface area contributed by atoms with Crippen molar-refractivity contribution in [3.63, 3.8) is 0 Å². The van der Waals surface area contributed by atoms with Gasteiger partial charge in [-0.1, -0.05) is 75.2 Å². The van der Waals surface area contributed by atoms with Crippen molar-refractivity contribution >= 4 is 50.9 Å². The Morgan fingerprint density at radius 1 is 1.03 bits per heavy atom. The van der Waals surface area contributed by atoms with Crippen LogP contribution in [0.25, 0.3) is 17.1 Å². The van der Waals surface area contributed by atoms with Crippen LogP contribution in [-0.4, -0.2) is 26.4 Å². The third-order valence-corrected chi connectivity index (χ3v) is 6.37. The lowest BCUT2D eigenvalue weighted by Crippen LogP contribution is -2.14. The van der Waals surface area contributed by atoms with Gasteiger partial charge in [-0.15, -0.1) is 10.2 Å². The van der Waals surface area contributed by atoms with Crippen LogP contribution in [0.2, 0.25) is 5.02 Å². The zero-order valence-corrected chi connectivity index (χ0v) is 19.7. The van der Waals surface area contributed by atoms with E-state index in [9.17, 15) is 4.79 Å². The van der Waals surface area contributed by atoms with E-state index >= 15 is 0 Å². The van der Waals surface area contributed by atoms with Gasteiger partial charge in [-0.2, -0.15) is 0 Å². The van der Waals surface area contributed by atoms with Crippen LogP contribution in [0.5, 0.6) is 0 Å². The number of benzene rings is 3. The lowest BCUT2D eigenvalue weighted by molar-refractivity contribution is -0.113. The Hall–Kier alpha value is -2.61. The number of rotatable bonds is 6. The number of carbonyl (C=O) groups is 1. The molecule has 5 nitrogen and oxygen atoms in total. The standard InChI is InChI=1S/C23H18BrClN4OS/c1-15-6-12-18(13-7-15)29-22(19-4-2-3-5-20(19)24)27-28-23(29)31-14-21(30)26-17-10-8-16(25)9-11-17/h2-13H,14H2,1H3,(H,26,30). The minimum Gasteiger partial charge on any atom is -0.325 e. The van der Waals surface area contributed by atoms with Gasteiger partial charge < -0.3 is 5.32 Å². The van der Waals surface area contributed by atoms with Gasteiger partial charge in [-0.05, 0) is 49.4 Å². The van der Waals surface area contributed by atoms with Crippen molar-refractivity contribution in [3.05, 3.63) is 87.9 Å². The number of anilines is 1. The first-order valence-corrected chi connectivity index (χ1v) is 11.6. The van der Waals surface area contributed by atoms with Gasteiger partial charge in [0.2, 0.25) is 5.91 Å². The highest BCUT2D eigenvalue weighted by molar-refractivity contribution is 9.10. The van der Waals surface area contributed by atoms with E-state index in [4.69, 9.17) is 11.6 Å². The van der Waals surface area contributed by atoms with E-state index in [-0.39, 0.29) is 11.7 Å². The summed E-state index contributed by atoms with van der Waals surface area (Å²) in [5, 5.41) is 12.9. The quantitative estimate of drug-likeness (QED) is 0.304. The van der Waals surface area contributed by atoms with E-state index < -0.39 is 0 Å². The lowest BCUT2D eigenvalue weighted by atomic mass is 10.2. The van der Waals surface area contributed by atoms with Crippen LogP contribution >= 0.6 is 39.3 Å². The second-order valence-corrected chi connectivity index (χ2v) is 9.03. The molecule has 8 heteroatoms. The average molecular weight is 514 g/mol. The molecule has 4 aromatic rings. The molecule has 0 aliphatic rings. The van der Waals surface area contributed by atoms with Gasteiger partial charge in [-0.3, -0.25) is 9.36 Å². The maximum atomic E-state index is 12.5. The summed E-state index contributed by atoms with van der Waals surface area (Å²) in [6, 6.07) is 23.0. The Morgan fingerprint density at radius 2 is 1.74 bits per heavy atom. The first-order chi connectivity index (χ1) is 15.0. The number of nitrogens with zero attached hydrogens (tertiary/aromatic N) is 3. The smallest absolute Gasteiger partial charge is 0.234 e. The van der Waals surface area contributed by atoms with Gasteiger partial charge in [0, 0.05) is 26.4 Å². The third kappa shape index (κ3) is 5.18. The number of hydrogen-bond acceptors (Lipinski definition) is 4. The molecule has 0 aliphatic carbocycles. The maximum absolute atomic E-state index is 12.5. The summed E-state index contributed by atoms with van der Waals surface area (Å²) in [6.07, 6.45) is 0. The molecule has 1 amide bonds. The number of carbonyl (C=O) groups excluding carboxylic acids is 1. The van der Waals surface area contributed by atoms with E-state index in [1.165, 1.54) is 11.8 Å². The molecule has 0 radical (unpaired) electrons. The predicted molar refractivity (Wildman–Crippen MR) is 130 cm³/mol. The molecule has 0 unspecified atom stereocenters. The predicted octanol–water partition coefficient (Wildman–Crippen LogP) is 6.39. The fraction of sp³-hybridized carbons (Fsp3) is 0.0870. The van der Waals surface area contributed by atoms with Crippen molar-refractivity contribution in [2.45, 2.75) is 12.1 Å². The van der Waals surface area contributed by atoms with Gasteiger partial charge in [-0.25, -0.2) is 0 Å². The first-order valence-electron chi connectivity index (χ1n) is 9.47. The summed E-state index contributed by atoms with van der Waals surface area (Å²) in [5.41, 5.74) is 3.72. The number of hydrogen-bond donors (Lipinski definition) is 1. The van der Waals surface area contributed by atoms with Crippen LogP contribution < -0.4 is 5.32 Å². The number of nitrogens with one attached hydrogen (secondary N) is 1. The molecule has 0 spiro atoms. The summed E-state index contributed by atoms with van der Waals surface area (Å²) in [6.45, 7) is 2.04. The molecular formula is C23H18BrClN4OS. The zero-order valence-electron chi connectivity index (χ0n) is 16.5.